The first-order valence-electron chi connectivity index (χ1n) is 14.7. The molecule has 2 aliphatic rings. The first-order valence-corrected chi connectivity index (χ1v) is 14.7. The molecular formula is C32H49N3O4. The smallest absolute Gasteiger partial charge is 0.305 e. The maximum absolute atomic E-state index is 14.0. The van der Waals surface area contributed by atoms with Crippen molar-refractivity contribution in [3.8, 4) is 0 Å². The molecule has 0 saturated heterocycles. The average Bonchev–Trinajstić information content (AvgIpc) is 3.09. The first-order chi connectivity index (χ1) is 18.2. The van der Waals surface area contributed by atoms with E-state index in [0.29, 0.717) is 23.6 Å². The van der Waals surface area contributed by atoms with Crippen molar-refractivity contribution >= 4 is 23.5 Å². The number of nitrogens with one attached hydrogen (secondary N) is 1. The van der Waals surface area contributed by atoms with E-state index in [-0.39, 0.29) is 41.7 Å². The van der Waals surface area contributed by atoms with Gasteiger partial charge in [0, 0.05) is 12.1 Å². The molecule has 39 heavy (non-hydrogen) atoms. The second-order valence-electron chi connectivity index (χ2n) is 13.7. The third-order valence-electron chi connectivity index (χ3n) is 8.42. The van der Waals surface area contributed by atoms with Crippen molar-refractivity contribution in [2.45, 2.75) is 118 Å². The number of hydrogen-bond acceptors (Lipinski definition) is 4. The summed E-state index contributed by atoms with van der Waals surface area (Å²) in [5, 5.41) is 11.5. The van der Waals surface area contributed by atoms with Gasteiger partial charge in [0.2, 0.25) is 0 Å². The van der Waals surface area contributed by atoms with E-state index in [1.54, 1.807) is 12.1 Å². The number of benzene rings is 1. The van der Waals surface area contributed by atoms with Gasteiger partial charge in [0.25, 0.3) is 11.8 Å². The lowest BCUT2D eigenvalue weighted by Crippen LogP contribution is -2.51. The van der Waals surface area contributed by atoms with Crippen LogP contribution in [0.3, 0.4) is 0 Å². The van der Waals surface area contributed by atoms with Gasteiger partial charge in [-0.05, 0) is 79.4 Å². The Kier molecular flexibility index (Phi) is 9.66. The molecule has 1 aromatic carbocycles. The van der Waals surface area contributed by atoms with E-state index in [2.05, 4.69) is 58.7 Å². The van der Waals surface area contributed by atoms with Crippen LogP contribution in [-0.4, -0.2) is 45.7 Å². The average molecular weight is 540 g/mol. The Labute approximate surface area is 234 Å². The summed E-state index contributed by atoms with van der Waals surface area (Å²) in [6.45, 7) is 15.8. The minimum Gasteiger partial charge on any atom is -0.481 e. The molecule has 1 spiro atoms. The van der Waals surface area contributed by atoms with Gasteiger partial charge in [0.05, 0.1) is 12.5 Å². The van der Waals surface area contributed by atoms with Crippen LogP contribution in [0.2, 0.25) is 0 Å². The lowest BCUT2D eigenvalue weighted by Gasteiger charge is -2.48. The van der Waals surface area contributed by atoms with Crippen LogP contribution in [-0.2, 0) is 9.59 Å². The third-order valence-corrected chi connectivity index (χ3v) is 8.42. The minimum atomic E-state index is -0.947. The second kappa shape index (κ2) is 12.2. The zero-order valence-corrected chi connectivity index (χ0v) is 25.1. The van der Waals surface area contributed by atoms with Gasteiger partial charge in [-0.1, -0.05) is 67.0 Å². The predicted octanol–water partition coefficient (Wildman–Crippen LogP) is 6.77. The molecule has 7 nitrogen and oxygen atoms in total. The highest BCUT2D eigenvalue weighted by molar-refractivity contribution is 6.40. The van der Waals surface area contributed by atoms with Crippen LogP contribution in [0.4, 0.5) is 0 Å². The number of aliphatic imine (C=N–C) groups is 1. The summed E-state index contributed by atoms with van der Waals surface area (Å²) in [4.78, 5) is 44.7. The van der Waals surface area contributed by atoms with Gasteiger partial charge < -0.3 is 15.3 Å². The normalized spacial score (nSPS) is 22.6. The van der Waals surface area contributed by atoms with E-state index < -0.39 is 11.6 Å². The second-order valence-corrected chi connectivity index (χ2v) is 13.7. The molecule has 1 atom stereocenters. The van der Waals surface area contributed by atoms with Gasteiger partial charge in [-0.25, -0.2) is 0 Å². The molecule has 1 fully saturated rings. The van der Waals surface area contributed by atoms with E-state index in [9.17, 15) is 14.4 Å². The Bertz CT molecular complexity index is 1050. The predicted molar refractivity (Wildman–Crippen MR) is 156 cm³/mol. The molecule has 0 radical (unpaired) electrons. The molecule has 1 aliphatic carbocycles. The zero-order valence-electron chi connectivity index (χ0n) is 25.1. The summed E-state index contributed by atoms with van der Waals surface area (Å²) in [6.07, 6.45) is 7.09. The van der Waals surface area contributed by atoms with Crippen molar-refractivity contribution in [1.82, 2.24) is 10.2 Å². The Morgan fingerprint density at radius 2 is 1.72 bits per heavy atom. The summed E-state index contributed by atoms with van der Waals surface area (Å²) in [5.74, 6) is -0.563. The Morgan fingerprint density at radius 1 is 1.10 bits per heavy atom. The fraction of sp³-hybridized carbons (Fsp3) is 0.688. The highest BCUT2D eigenvalue weighted by atomic mass is 16.4. The molecule has 0 unspecified atom stereocenters. The molecule has 1 aromatic rings. The van der Waals surface area contributed by atoms with Crippen molar-refractivity contribution in [2.75, 3.05) is 6.54 Å². The standard InChI is InChI=1S/C32H49N3O4/c1-8-9-25-29(39)35(32(34-25)19-14-24(15-20-32)31(5,6)7)26(16-18-30(2,3)4)22-10-12-23(13-11-22)28(38)33-21-17-27(36)37/h10-13,24,26H,8-9,14-21H2,1-7H3,(H,33,38)(H,36,37)/t24?,26-,32?/m1/s1. The molecule has 7 heteroatoms. The molecule has 3 rings (SSSR count). The number of carbonyl (C=O) groups excluding carboxylic acids is 2. The number of nitrogens with zero attached hydrogens (tertiary/aromatic N) is 2. The van der Waals surface area contributed by atoms with E-state index in [1.165, 1.54) is 0 Å². The number of aliphatic carboxylic acids is 1. The van der Waals surface area contributed by atoms with Gasteiger partial charge in [-0.3, -0.25) is 19.4 Å². The van der Waals surface area contributed by atoms with Crippen LogP contribution >= 0.6 is 0 Å². The summed E-state index contributed by atoms with van der Waals surface area (Å²) in [7, 11) is 0. The molecule has 0 bridgehead atoms. The molecule has 1 heterocycles. The molecular weight excluding hydrogens is 490 g/mol. The topological polar surface area (TPSA) is 99.1 Å². The molecule has 1 aliphatic heterocycles. The van der Waals surface area contributed by atoms with E-state index >= 15 is 0 Å². The quantitative estimate of drug-likeness (QED) is 0.342. The number of carbonyl (C=O) groups is 3. The van der Waals surface area contributed by atoms with Crippen LogP contribution in [0.1, 0.15) is 128 Å². The summed E-state index contributed by atoms with van der Waals surface area (Å²) < 4.78 is 0. The highest BCUT2D eigenvalue weighted by Crippen LogP contribution is 2.50. The fourth-order valence-corrected chi connectivity index (χ4v) is 6.07. The van der Waals surface area contributed by atoms with Crippen LogP contribution in [0, 0.1) is 16.7 Å². The van der Waals surface area contributed by atoms with Gasteiger partial charge in [0.1, 0.15) is 11.4 Å². The highest BCUT2D eigenvalue weighted by Gasteiger charge is 2.52. The molecule has 2 N–H and O–H groups in total. The van der Waals surface area contributed by atoms with Gasteiger partial charge in [0.15, 0.2) is 0 Å². The monoisotopic (exact) mass is 539 g/mol. The van der Waals surface area contributed by atoms with Crippen molar-refractivity contribution in [2.24, 2.45) is 21.7 Å². The Hall–Kier alpha value is -2.70. The lowest BCUT2D eigenvalue weighted by molar-refractivity contribution is -0.137. The van der Waals surface area contributed by atoms with E-state index in [1.807, 2.05) is 12.1 Å². The van der Waals surface area contributed by atoms with Crippen molar-refractivity contribution < 1.29 is 19.5 Å². The van der Waals surface area contributed by atoms with Crippen LogP contribution in [0.5, 0.6) is 0 Å². The van der Waals surface area contributed by atoms with Gasteiger partial charge in [-0.15, -0.1) is 0 Å². The van der Waals surface area contributed by atoms with Gasteiger partial charge >= 0.3 is 5.97 Å². The third kappa shape index (κ3) is 7.70. The minimum absolute atomic E-state index is 0.0699. The van der Waals surface area contributed by atoms with Crippen molar-refractivity contribution in [3.63, 3.8) is 0 Å². The lowest BCUT2D eigenvalue weighted by atomic mass is 9.69. The molecule has 216 valence electrons. The van der Waals surface area contributed by atoms with Crippen molar-refractivity contribution in [3.05, 3.63) is 35.4 Å². The summed E-state index contributed by atoms with van der Waals surface area (Å²) in [6, 6.07) is 7.35. The summed E-state index contributed by atoms with van der Waals surface area (Å²) >= 11 is 0. The largest absolute Gasteiger partial charge is 0.481 e. The molecule has 0 aromatic heterocycles. The maximum atomic E-state index is 14.0. The van der Waals surface area contributed by atoms with Gasteiger partial charge in [-0.2, -0.15) is 0 Å². The zero-order chi connectivity index (χ0) is 29.0. The molecule has 1 saturated carbocycles. The molecule has 2 amide bonds. The number of carboxylic acids is 1. The Balaban J connectivity index is 1.94. The first kappa shape index (κ1) is 30.8. The van der Waals surface area contributed by atoms with Crippen molar-refractivity contribution in [1.29, 1.82) is 0 Å². The SMILES string of the molecule is CCCC1=NC2(CCC(C(C)(C)C)CC2)N([C@H](CCC(C)(C)C)c2ccc(C(=O)NCCC(=O)O)cc2)C1=O. The van der Waals surface area contributed by atoms with Crippen LogP contribution in [0.25, 0.3) is 0 Å². The Morgan fingerprint density at radius 3 is 2.23 bits per heavy atom. The fourth-order valence-electron chi connectivity index (χ4n) is 6.07. The number of hydrogen-bond donors (Lipinski definition) is 2. The number of rotatable bonds is 10. The van der Waals surface area contributed by atoms with Crippen LogP contribution < -0.4 is 5.32 Å². The number of amides is 2. The van der Waals surface area contributed by atoms with E-state index in [0.717, 1.165) is 50.5 Å². The maximum Gasteiger partial charge on any atom is 0.305 e. The van der Waals surface area contributed by atoms with E-state index in [4.69, 9.17) is 10.1 Å². The number of carboxylic acid groups (broad SMARTS) is 1. The van der Waals surface area contributed by atoms with Crippen LogP contribution in [0.15, 0.2) is 29.3 Å². The summed E-state index contributed by atoms with van der Waals surface area (Å²) in [5.41, 5.74) is 2.04.